The highest BCUT2D eigenvalue weighted by Gasteiger charge is 2.30. The summed E-state index contributed by atoms with van der Waals surface area (Å²) in [6.07, 6.45) is -2.89. The van der Waals surface area contributed by atoms with Gasteiger partial charge in [-0.1, -0.05) is 12.1 Å². The zero-order chi connectivity index (χ0) is 21.9. The van der Waals surface area contributed by atoms with Crippen LogP contribution in [-0.2, 0) is 6.18 Å². The van der Waals surface area contributed by atoms with Crippen LogP contribution in [0.3, 0.4) is 0 Å². The second kappa shape index (κ2) is 8.52. The highest BCUT2D eigenvalue weighted by Crippen LogP contribution is 2.39. The average molecular weight is 418 g/mol. The van der Waals surface area contributed by atoms with E-state index in [0.29, 0.717) is 46.0 Å². The predicted molar refractivity (Wildman–Crippen MR) is 108 cm³/mol. The van der Waals surface area contributed by atoms with Crippen LogP contribution in [-0.4, -0.2) is 31.7 Å². The molecule has 3 aromatic rings. The number of carbonyl (C=O) groups excluding carboxylic acids is 1. The second-order valence-electron chi connectivity index (χ2n) is 6.49. The van der Waals surface area contributed by atoms with Crippen LogP contribution in [0.25, 0.3) is 22.4 Å². The molecule has 0 saturated heterocycles. The molecule has 0 aliphatic rings. The van der Waals surface area contributed by atoms with Crippen molar-refractivity contribution in [1.29, 1.82) is 0 Å². The molecule has 0 saturated carbocycles. The van der Waals surface area contributed by atoms with Crippen molar-refractivity contribution in [2.24, 2.45) is 0 Å². The number of benzene rings is 2. The summed E-state index contributed by atoms with van der Waals surface area (Å²) >= 11 is 0. The zero-order valence-corrected chi connectivity index (χ0v) is 16.7. The van der Waals surface area contributed by atoms with E-state index in [1.165, 1.54) is 26.4 Å². The molecule has 3 rings (SSSR count). The fraction of sp³-hybridized carbons (Fsp3) is 0.227. The van der Waals surface area contributed by atoms with Crippen molar-refractivity contribution in [3.63, 3.8) is 0 Å². The third-order valence-electron chi connectivity index (χ3n) is 4.60. The minimum Gasteiger partial charge on any atom is -0.497 e. The van der Waals surface area contributed by atoms with Gasteiger partial charge in [0.25, 0.3) is 5.91 Å². The fourth-order valence-corrected chi connectivity index (χ4v) is 3.16. The maximum atomic E-state index is 12.9. The standard InChI is InChI=1S/C22H21F3N2O3/c1-4-26-21(28)18-12-27-20(13-5-7-15(8-6-13)22(23,24)25)19(18)14-9-16(29-2)11-17(10-14)30-3/h5-12,27H,4H2,1-3H3,(H,26,28). The number of amides is 1. The fourth-order valence-electron chi connectivity index (χ4n) is 3.16. The summed E-state index contributed by atoms with van der Waals surface area (Å²) in [6, 6.07) is 9.94. The molecule has 0 unspecified atom stereocenters. The SMILES string of the molecule is CCNC(=O)c1c[nH]c(-c2ccc(C(F)(F)F)cc2)c1-c1cc(OC)cc(OC)c1. The summed E-state index contributed by atoms with van der Waals surface area (Å²) in [5, 5.41) is 2.75. The van der Waals surface area contributed by atoms with Gasteiger partial charge in [0.1, 0.15) is 11.5 Å². The zero-order valence-electron chi connectivity index (χ0n) is 16.7. The Bertz CT molecular complexity index is 1020. The number of methoxy groups -OCH3 is 2. The van der Waals surface area contributed by atoms with E-state index in [0.717, 1.165) is 12.1 Å². The molecule has 0 aliphatic heterocycles. The summed E-state index contributed by atoms with van der Waals surface area (Å²) in [4.78, 5) is 15.7. The third kappa shape index (κ3) is 4.27. The second-order valence-corrected chi connectivity index (χ2v) is 6.49. The number of hydrogen-bond donors (Lipinski definition) is 2. The van der Waals surface area contributed by atoms with E-state index in [4.69, 9.17) is 9.47 Å². The third-order valence-corrected chi connectivity index (χ3v) is 4.60. The van der Waals surface area contributed by atoms with Gasteiger partial charge in [0.05, 0.1) is 31.0 Å². The molecule has 0 fully saturated rings. The number of aromatic nitrogens is 1. The number of ether oxygens (including phenoxy) is 2. The molecule has 2 aromatic carbocycles. The van der Waals surface area contributed by atoms with Gasteiger partial charge >= 0.3 is 6.18 Å². The van der Waals surface area contributed by atoms with Crippen molar-refractivity contribution in [2.75, 3.05) is 20.8 Å². The first-order valence-corrected chi connectivity index (χ1v) is 9.19. The molecular formula is C22H21F3N2O3. The first kappa shape index (κ1) is 21.3. The van der Waals surface area contributed by atoms with Crippen molar-refractivity contribution in [3.05, 3.63) is 59.8 Å². The molecule has 1 amide bonds. The number of rotatable bonds is 6. The monoisotopic (exact) mass is 418 g/mol. The van der Waals surface area contributed by atoms with Crippen LogP contribution in [0.4, 0.5) is 13.2 Å². The molecule has 1 aromatic heterocycles. The Balaban J connectivity index is 2.20. The van der Waals surface area contributed by atoms with E-state index in [1.807, 2.05) is 0 Å². The smallest absolute Gasteiger partial charge is 0.416 e. The van der Waals surface area contributed by atoms with Crippen molar-refractivity contribution < 1.29 is 27.4 Å². The molecule has 0 bridgehead atoms. The quantitative estimate of drug-likeness (QED) is 0.583. The summed E-state index contributed by atoms with van der Waals surface area (Å²) < 4.78 is 49.5. The number of alkyl halides is 3. The Labute approximate surface area is 171 Å². The van der Waals surface area contributed by atoms with Gasteiger partial charge in [-0.2, -0.15) is 13.2 Å². The largest absolute Gasteiger partial charge is 0.497 e. The number of H-pyrrole nitrogens is 1. The lowest BCUT2D eigenvalue weighted by atomic mass is 9.96. The van der Waals surface area contributed by atoms with Crippen LogP contribution in [0.2, 0.25) is 0 Å². The lowest BCUT2D eigenvalue weighted by molar-refractivity contribution is -0.137. The van der Waals surface area contributed by atoms with Gasteiger partial charge in [0.2, 0.25) is 0 Å². The van der Waals surface area contributed by atoms with Gasteiger partial charge in [0.15, 0.2) is 0 Å². The molecular weight excluding hydrogens is 397 g/mol. The number of nitrogens with one attached hydrogen (secondary N) is 2. The van der Waals surface area contributed by atoms with Gasteiger partial charge < -0.3 is 19.8 Å². The maximum Gasteiger partial charge on any atom is 0.416 e. The lowest BCUT2D eigenvalue weighted by Crippen LogP contribution is -2.22. The van der Waals surface area contributed by atoms with Gasteiger partial charge in [-0.25, -0.2) is 0 Å². The van der Waals surface area contributed by atoms with E-state index in [-0.39, 0.29) is 5.91 Å². The topological polar surface area (TPSA) is 63.4 Å². The van der Waals surface area contributed by atoms with E-state index >= 15 is 0 Å². The molecule has 1 heterocycles. The van der Waals surface area contributed by atoms with Crippen molar-refractivity contribution in [3.8, 4) is 33.9 Å². The van der Waals surface area contributed by atoms with Crippen LogP contribution in [0.15, 0.2) is 48.7 Å². The van der Waals surface area contributed by atoms with Crippen LogP contribution in [0, 0.1) is 0 Å². The highest BCUT2D eigenvalue weighted by atomic mass is 19.4. The average Bonchev–Trinajstić information content (AvgIpc) is 3.18. The van der Waals surface area contributed by atoms with E-state index < -0.39 is 11.7 Å². The lowest BCUT2D eigenvalue weighted by Gasteiger charge is -2.13. The molecule has 2 N–H and O–H groups in total. The maximum absolute atomic E-state index is 12.9. The van der Waals surface area contributed by atoms with Crippen LogP contribution in [0.1, 0.15) is 22.8 Å². The summed E-state index contributed by atoms with van der Waals surface area (Å²) in [5.74, 6) is 0.736. The number of aromatic amines is 1. The minimum absolute atomic E-state index is 0.302. The molecule has 0 radical (unpaired) electrons. The Hall–Kier alpha value is -3.42. The van der Waals surface area contributed by atoms with Crippen molar-refractivity contribution in [2.45, 2.75) is 13.1 Å². The molecule has 5 nitrogen and oxygen atoms in total. The van der Waals surface area contributed by atoms with Crippen molar-refractivity contribution >= 4 is 5.91 Å². The first-order valence-electron chi connectivity index (χ1n) is 9.19. The Kier molecular flexibility index (Phi) is 6.05. The summed E-state index contributed by atoms with van der Waals surface area (Å²) in [7, 11) is 3.02. The number of halogens is 3. The number of carbonyl (C=O) groups is 1. The summed E-state index contributed by atoms with van der Waals surface area (Å²) in [5.41, 5.74) is 1.81. The van der Waals surface area contributed by atoms with E-state index in [1.54, 1.807) is 31.3 Å². The summed E-state index contributed by atoms with van der Waals surface area (Å²) in [6.45, 7) is 2.23. The van der Waals surface area contributed by atoms with Crippen molar-refractivity contribution in [1.82, 2.24) is 10.3 Å². The Morgan fingerprint density at radius 3 is 2.10 bits per heavy atom. The van der Waals surface area contributed by atoms with Crippen LogP contribution < -0.4 is 14.8 Å². The molecule has 8 heteroatoms. The molecule has 30 heavy (non-hydrogen) atoms. The molecule has 0 spiro atoms. The van der Waals surface area contributed by atoms with Gasteiger partial charge in [-0.3, -0.25) is 4.79 Å². The Morgan fingerprint density at radius 2 is 1.60 bits per heavy atom. The van der Waals surface area contributed by atoms with Crippen LogP contribution >= 0.6 is 0 Å². The molecule has 0 atom stereocenters. The number of hydrogen-bond acceptors (Lipinski definition) is 3. The van der Waals surface area contributed by atoms with Gasteiger partial charge in [-0.15, -0.1) is 0 Å². The highest BCUT2D eigenvalue weighted by molar-refractivity contribution is 6.04. The minimum atomic E-state index is -4.43. The van der Waals surface area contributed by atoms with E-state index in [2.05, 4.69) is 10.3 Å². The van der Waals surface area contributed by atoms with Gasteiger partial charge in [0, 0.05) is 24.4 Å². The molecule has 0 aliphatic carbocycles. The van der Waals surface area contributed by atoms with Gasteiger partial charge in [-0.05, 0) is 42.3 Å². The van der Waals surface area contributed by atoms with E-state index in [9.17, 15) is 18.0 Å². The normalized spacial score (nSPS) is 11.3. The predicted octanol–water partition coefficient (Wildman–Crippen LogP) is 5.13. The Morgan fingerprint density at radius 1 is 1.00 bits per heavy atom. The first-order chi connectivity index (χ1) is 14.3. The van der Waals surface area contributed by atoms with Crippen LogP contribution in [0.5, 0.6) is 11.5 Å². The molecule has 158 valence electrons.